The Morgan fingerprint density at radius 1 is 1.33 bits per heavy atom. The molecule has 1 aromatic carbocycles. The van der Waals surface area contributed by atoms with Crippen LogP contribution in [0.4, 0.5) is 5.69 Å². The van der Waals surface area contributed by atoms with Crippen molar-refractivity contribution in [2.45, 2.75) is 58.7 Å². The third-order valence-electron chi connectivity index (χ3n) is 4.61. The number of hydrogen-bond acceptors (Lipinski definition) is 3. The first-order chi connectivity index (χ1) is 10.2. The van der Waals surface area contributed by atoms with Crippen molar-refractivity contribution in [2.24, 2.45) is 0 Å². The SMILES string of the molecule is CCC1CCC(C)N1c1ccc(CNCCOC)cc1C. The Morgan fingerprint density at radius 2 is 2.14 bits per heavy atom. The summed E-state index contributed by atoms with van der Waals surface area (Å²) < 4.78 is 5.06. The third-order valence-corrected chi connectivity index (χ3v) is 4.61. The van der Waals surface area contributed by atoms with E-state index in [2.05, 4.69) is 49.2 Å². The fourth-order valence-corrected chi connectivity index (χ4v) is 3.43. The van der Waals surface area contributed by atoms with E-state index in [0.717, 1.165) is 19.7 Å². The summed E-state index contributed by atoms with van der Waals surface area (Å²) in [6.07, 6.45) is 3.89. The van der Waals surface area contributed by atoms with Crippen LogP contribution in [0, 0.1) is 6.92 Å². The Bertz CT molecular complexity index is 447. The van der Waals surface area contributed by atoms with Gasteiger partial charge in [-0.1, -0.05) is 19.1 Å². The molecule has 0 bridgehead atoms. The molecule has 0 saturated carbocycles. The third kappa shape index (κ3) is 3.98. The summed E-state index contributed by atoms with van der Waals surface area (Å²) in [6, 6.07) is 8.28. The number of methoxy groups -OCH3 is 1. The van der Waals surface area contributed by atoms with E-state index in [1.165, 1.54) is 36.1 Å². The largest absolute Gasteiger partial charge is 0.383 e. The van der Waals surface area contributed by atoms with E-state index in [9.17, 15) is 0 Å². The summed E-state index contributed by atoms with van der Waals surface area (Å²) in [6.45, 7) is 9.48. The van der Waals surface area contributed by atoms with Gasteiger partial charge in [0.15, 0.2) is 0 Å². The van der Waals surface area contributed by atoms with E-state index < -0.39 is 0 Å². The van der Waals surface area contributed by atoms with E-state index in [0.29, 0.717) is 12.1 Å². The first kappa shape index (κ1) is 16.3. The molecule has 2 unspecified atom stereocenters. The summed E-state index contributed by atoms with van der Waals surface area (Å²) in [7, 11) is 1.74. The molecule has 1 heterocycles. The van der Waals surface area contributed by atoms with Gasteiger partial charge in [-0.25, -0.2) is 0 Å². The Balaban J connectivity index is 2.04. The van der Waals surface area contributed by atoms with Crippen LogP contribution < -0.4 is 10.2 Å². The summed E-state index contributed by atoms with van der Waals surface area (Å²) >= 11 is 0. The normalized spacial score (nSPS) is 22.0. The molecule has 3 heteroatoms. The van der Waals surface area contributed by atoms with Gasteiger partial charge in [0.25, 0.3) is 0 Å². The molecule has 1 fully saturated rings. The van der Waals surface area contributed by atoms with Crippen LogP contribution in [0.5, 0.6) is 0 Å². The Labute approximate surface area is 129 Å². The second kappa shape index (κ2) is 7.81. The lowest BCUT2D eigenvalue weighted by atomic mass is 10.1. The van der Waals surface area contributed by atoms with E-state index in [1.807, 2.05) is 0 Å². The van der Waals surface area contributed by atoms with Crippen LogP contribution in [0.1, 0.15) is 44.2 Å². The molecule has 0 radical (unpaired) electrons. The molecular weight excluding hydrogens is 260 g/mol. The molecule has 21 heavy (non-hydrogen) atoms. The zero-order valence-corrected chi connectivity index (χ0v) is 14.0. The van der Waals surface area contributed by atoms with Crippen LogP contribution in [0.15, 0.2) is 18.2 Å². The van der Waals surface area contributed by atoms with Gasteiger partial charge in [0, 0.05) is 38.0 Å². The monoisotopic (exact) mass is 290 g/mol. The highest BCUT2D eigenvalue weighted by Crippen LogP contribution is 2.34. The van der Waals surface area contributed by atoms with E-state index in [-0.39, 0.29) is 0 Å². The quantitative estimate of drug-likeness (QED) is 0.778. The highest BCUT2D eigenvalue weighted by Gasteiger charge is 2.30. The summed E-state index contributed by atoms with van der Waals surface area (Å²) in [5.41, 5.74) is 4.17. The van der Waals surface area contributed by atoms with Crippen molar-refractivity contribution in [3.63, 3.8) is 0 Å². The molecule has 3 nitrogen and oxygen atoms in total. The van der Waals surface area contributed by atoms with Gasteiger partial charge in [0.1, 0.15) is 0 Å². The Morgan fingerprint density at radius 3 is 2.81 bits per heavy atom. The van der Waals surface area contributed by atoms with Crippen LogP contribution in [-0.2, 0) is 11.3 Å². The maximum atomic E-state index is 5.06. The number of benzene rings is 1. The molecular formula is C18H30N2O. The molecule has 0 aliphatic carbocycles. The minimum atomic E-state index is 0.666. The minimum absolute atomic E-state index is 0.666. The fourth-order valence-electron chi connectivity index (χ4n) is 3.43. The summed E-state index contributed by atoms with van der Waals surface area (Å²) in [4.78, 5) is 2.64. The zero-order chi connectivity index (χ0) is 15.2. The molecule has 1 aliphatic rings. The minimum Gasteiger partial charge on any atom is -0.383 e. The molecule has 2 rings (SSSR count). The molecule has 1 N–H and O–H groups in total. The van der Waals surface area contributed by atoms with Crippen molar-refractivity contribution in [2.75, 3.05) is 25.2 Å². The summed E-state index contributed by atoms with van der Waals surface area (Å²) in [5.74, 6) is 0. The van der Waals surface area contributed by atoms with Gasteiger partial charge in [-0.05, 0) is 50.3 Å². The number of ether oxygens (including phenoxy) is 1. The van der Waals surface area contributed by atoms with Crippen molar-refractivity contribution < 1.29 is 4.74 Å². The predicted octanol–water partition coefficient (Wildman–Crippen LogP) is 3.50. The second-order valence-electron chi connectivity index (χ2n) is 6.19. The molecule has 1 saturated heterocycles. The van der Waals surface area contributed by atoms with Gasteiger partial charge in [0.05, 0.1) is 6.61 Å². The first-order valence-corrected chi connectivity index (χ1v) is 8.24. The second-order valence-corrected chi connectivity index (χ2v) is 6.19. The van der Waals surface area contributed by atoms with Crippen LogP contribution in [0.2, 0.25) is 0 Å². The van der Waals surface area contributed by atoms with Crippen molar-refractivity contribution >= 4 is 5.69 Å². The number of rotatable bonds is 7. The lowest BCUT2D eigenvalue weighted by Gasteiger charge is -2.32. The lowest BCUT2D eigenvalue weighted by molar-refractivity contribution is 0.199. The van der Waals surface area contributed by atoms with Gasteiger partial charge >= 0.3 is 0 Å². The van der Waals surface area contributed by atoms with Crippen LogP contribution >= 0.6 is 0 Å². The molecule has 0 amide bonds. The molecule has 0 aromatic heterocycles. The van der Waals surface area contributed by atoms with Crippen molar-refractivity contribution in [1.29, 1.82) is 0 Å². The summed E-state index contributed by atoms with van der Waals surface area (Å²) in [5, 5.41) is 3.41. The molecule has 0 spiro atoms. The topological polar surface area (TPSA) is 24.5 Å². The molecule has 2 atom stereocenters. The standard InChI is InChI=1S/C18H30N2O/c1-5-17-8-6-15(3)20(17)18-9-7-16(12-14(18)2)13-19-10-11-21-4/h7,9,12,15,17,19H,5-6,8,10-11,13H2,1-4H3. The van der Waals surface area contributed by atoms with Crippen LogP contribution in [-0.4, -0.2) is 32.3 Å². The van der Waals surface area contributed by atoms with E-state index in [4.69, 9.17) is 4.74 Å². The Kier molecular flexibility index (Phi) is 6.07. The predicted molar refractivity (Wildman–Crippen MR) is 90.0 cm³/mol. The maximum Gasteiger partial charge on any atom is 0.0587 e. The van der Waals surface area contributed by atoms with E-state index in [1.54, 1.807) is 7.11 Å². The molecule has 1 aromatic rings. The van der Waals surface area contributed by atoms with Gasteiger partial charge in [-0.2, -0.15) is 0 Å². The Hall–Kier alpha value is -1.06. The van der Waals surface area contributed by atoms with Gasteiger partial charge < -0.3 is 15.0 Å². The van der Waals surface area contributed by atoms with Crippen molar-refractivity contribution in [3.8, 4) is 0 Å². The average molecular weight is 290 g/mol. The number of aryl methyl sites for hydroxylation is 1. The molecule has 1 aliphatic heterocycles. The van der Waals surface area contributed by atoms with Crippen molar-refractivity contribution in [1.82, 2.24) is 5.32 Å². The van der Waals surface area contributed by atoms with Crippen LogP contribution in [0.25, 0.3) is 0 Å². The lowest BCUT2D eigenvalue weighted by Crippen LogP contribution is -2.34. The van der Waals surface area contributed by atoms with Gasteiger partial charge in [-0.15, -0.1) is 0 Å². The average Bonchev–Trinajstić information content (AvgIpc) is 2.85. The first-order valence-electron chi connectivity index (χ1n) is 8.24. The van der Waals surface area contributed by atoms with Gasteiger partial charge in [0.2, 0.25) is 0 Å². The highest BCUT2D eigenvalue weighted by atomic mass is 16.5. The number of hydrogen-bond donors (Lipinski definition) is 1. The van der Waals surface area contributed by atoms with Crippen molar-refractivity contribution in [3.05, 3.63) is 29.3 Å². The van der Waals surface area contributed by atoms with E-state index >= 15 is 0 Å². The smallest absolute Gasteiger partial charge is 0.0587 e. The fraction of sp³-hybridized carbons (Fsp3) is 0.667. The number of anilines is 1. The molecule has 118 valence electrons. The van der Waals surface area contributed by atoms with Gasteiger partial charge in [-0.3, -0.25) is 0 Å². The van der Waals surface area contributed by atoms with Crippen LogP contribution in [0.3, 0.4) is 0 Å². The highest BCUT2D eigenvalue weighted by molar-refractivity contribution is 5.56. The number of nitrogens with one attached hydrogen (secondary N) is 1. The number of nitrogens with zero attached hydrogens (tertiary/aromatic N) is 1. The maximum absolute atomic E-state index is 5.06. The zero-order valence-electron chi connectivity index (χ0n) is 14.0.